The van der Waals surface area contributed by atoms with Gasteiger partial charge in [-0.2, -0.15) is 0 Å². The Labute approximate surface area is 78.9 Å². The number of carbonyl (C=O) groups excluding carboxylic acids is 1. The maximum absolute atomic E-state index is 11.2. The van der Waals surface area contributed by atoms with Crippen molar-refractivity contribution >= 4 is 5.91 Å². The smallest absolute Gasteiger partial charge is 0.245 e. The van der Waals surface area contributed by atoms with E-state index in [0.717, 1.165) is 19.5 Å². The van der Waals surface area contributed by atoms with Crippen LogP contribution >= 0.6 is 0 Å². The Morgan fingerprint density at radius 2 is 2.23 bits per heavy atom. The van der Waals surface area contributed by atoms with Gasteiger partial charge in [0, 0.05) is 18.5 Å². The molecule has 0 unspecified atom stereocenters. The molecule has 0 aromatic heterocycles. The topological polar surface area (TPSA) is 20.3 Å². The van der Waals surface area contributed by atoms with Gasteiger partial charge >= 0.3 is 0 Å². The lowest BCUT2D eigenvalue weighted by molar-refractivity contribution is -0.138. The molecule has 1 aliphatic heterocycles. The first-order valence-electron chi connectivity index (χ1n) is 4.82. The van der Waals surface area contributed by atoms with Gasteiger partial charge in [-0.1, -0.05) is 18.7 Å². The predicted octanol–water partition coefficient (Wildman–Crippen LogP) is 1.74. The largest absolute Gasteiger partial charge is 0.338 e. The summed E-state index contributed by atoms with van der Waals surface area (Å²) >= 11 is 0. The number of allylic oxidation sites excluding steroid dienone is 2. The van der Waals surface area contributed by atoms with Crippen molar-refractivity contribution in [2.45, 2.75) is 19.3 Å². The molecular formula is C11H15NO. The molecule has 1 fully saturated rings. The van der Waals surface area contributed by atoms with Crippen LogP contribution in [0.4, 0.5) is 0 Å². The van der Waals surface area contributed by atoms with E-state index in [-0.39, 0.29) is 5.91 Å². The fourth-order valence-electron chi connectivity index (χ4n) is 2.28. The molecule has 0 N–H and O–H groups in total. The number of likely N-dealkylation sites (tertiary alicyclic amines) is 1. The molecule has 0 aromatic carbocycles. The molecule has 2 nitrogen and oxygen atoms in total. The summed E-state index contributed by atoms with van der Waals surface area (Å²) in [4.78, 5) is 13.1. The zero-order valence-corrected chi connectivity index (χ0v) is 7.83. The third kappa shape index (κ3) is 1.41. The highest BCUT2D eigenvalue weighted by Crippen LogP contribution is 2.41. The van der Waals surface area contributed by atoms with E-state index in [1.54, 1.807) is 0 Å². The highest BCUT2D eigenvalue weighted by molar-refractivity contribution is 5.87. The molecule has 0 aromatic rings. The van der Waals surface area contributed by atoms with Gasteiger partial charge < -0.3 is 4.90 Å². The van der Waals surface area contributed by atoms with Crippen LogP contribution in [0.15, 0.2) is 24.8 Å². The van der Waals surface area contributed by atoms with Crippen LogP contribution in [-0.4, -0.2) is 23.9 Å². The van der Waals surface area contributed by atoms with Crippen molar-refractivity contribution in [3.8, 4) is 0 Å². The fraction of sp³-hybridized carbons (Fsp3) is 0.545. The lowest BCUT2D eigenvalue weighted by Crippen LogP contribution is -2.58. The second-order valence-corrected chi connectivity index (χ2v) is 4.11. The average molecular weight is 177 g/mol. The van der Waals surface area contributed by atoms with Crippen LogP contribution in [0.5, 0.6) is 0 Å². The van der Waals surface area contributed by atoms with E-state index in [2.05, 4.69) is 18.7 Å². The predicted molar refractivity (Wildman–Crippen MR) is 52.2 cm³/mol. The van der Waals surface area contributed by atoms with Gasteiger partial charge in [0.2, 0.25) is 5.91 Å². The lowest BCUT2D eigenvalue weighted by Gasteiger charge is -2.50. The molecule has 1 spiro atoms. The summed E-state index contributed by atoms with van der Waals surface area (Å²) in [5, 5.41) is 0. The van der Waals surface area contributed by atoms with Gasteiger partial charge in [-0.25, -0.2) is 0 Å². The minimum absolute atomic E-state index is 0.0835. The van der Waals surface area contributed by atoms with Crippen molar-refractivity contribution in [1.29, 1.82) is 0 Å². The number of hydrogen-bond acceptors (Lipinski definition) is 1. The van der Waals surface area contributed by atoms with Crippen molar-refractivity contribution in [3.05, 3.63) is 24.8 Å². The van der Waals surface area contributed by atoms with Crippen LogP contribution in [0.25, 0.3) is 0 Å². The number of nitrogens with zero attached hydrogens (tertiary/aromatic N) is 1. The summed E-state index contributed by atoms with van der Waals surface area (Å²) in [6, 6.07) is 0. The lowest BCUT2D eigenvalue weighted by atomic mass is 9.71. The highest BCUT2D eigenvalue weighted by atomic mass is 16.2. The summed E-state index contributed by atoms with van der Waals surface area (Å²) in [6.07, 6.45) is 9.46. The summed E-state index contributed by atoms with van der Waals surface area (Å²) in [5.74, 6) is 0.0835. The van der Waals surface area contributed by atoms with Crippen molar-refractivity contribution in [2.24, 2.45) is 5.41 Å². The Kier molecular flexibility index (Phi) is 1.98. The Morgan fingerprint density at radius 3 is 2.77 bits per heavy atom. The fourth-order valence-corrected chi connectivity index (χ4v) is 2.28. The monoisotopic (exact) mass is 177 g/mol. The molecular weight excluding hydrogens is 162 g/mol. The first-order chi connectivity index (χ1) is 6.26. The van der Waals surface area contributed by atoms with Crippen LogP contribution in [0, 0.1) is 5.41 Å². The molecule has 2 rings (SSSR count). The third-order valence-corrected chi connectivity index (χ3v) is 3.10. The van der Waals surface area contributed by atoms with Gasteiger partial charge in [0.1, 0.15) is 0 Å². The van der Waals surface area contributed by atoms with E-state index in [1.165, 1.54) is 18.9 Å². The summed E-state index contributed by atoms with van der Waals surface area (Å²) in [6.45, 7) is 5.36. The molecule has 1 saturated heterocycles. The number of hydrogen-bond donors (Lipinski definition) is 0. The van der Waals surface area contributed by atoms with Crippen LogP contribution in [0.1, 0.15) is 19.3 Å². The minimum atomic E-state index is 0.0835. The van der Waals surface area contributed by atoms with Crippen molar-refractivity contribution in [1.82, 2.24) is 4.90 Å². The summed E-state index contributed by atoms with van der Waals surface area (Å²) < 4.78 is 0. The Hall–Kier alpha value is -1.05. The molecule has 1 amide bonds. The molecule has 0 bridgehead atoms. The first-order valence-corrected chi connectivity index (χ1v) is 4.82. The van der Waals surface area contributed by atoms with Crippen LogP contribution in [0.2, 0.25) is 0 Å². The second-order valence-electron chi connectivity index (χ2n) is 4.11. The van der Waals surface area contributed by atoms with E-state index in [4.69, 9.17) is 0 Å². The van der Waals surface area contributed by atoms with E-state index in [1.807, 2.05) is 4.90 Å². The first kappa shape index (κ1) is 8.54. The van der Waals surface area contributed by atoms with Gasteiger partial charge in [-0.3, -0.25) is 4.79 Å². The maximum Gasteiger partial charge on any atom is 0.245 e. The van der Waals surface area contributed by atoms with Gasteiger partial charge in [0.05, 0.1) is 0 Å². The normalized spacial score (nSPS) is 24.2. The SMILES string of the molecule is C=CC(=O)N1CC2(CC=CCC2)C1. The Bertz CT molecular complexity index is 261. The van der Waals surface area contributed by atoms with E-state index in [9.17, 15) is 4.79 Å². The number of rotatable bonds is 1. The van der Waals surface area contributed by atoms with Gasteiger partial charge in [0.15, 0.2) is 0 Å². The molecule has 13 heavy (non-hydrogen) atoms. The van der Waals surface area contributed by atoms with Gasteiger partial charge in [-0.15, -0.1) is 0 Å². The van der Waals surface area contributed by atoms with Crippen molar-refractivity contribution in [3.63, 3.8) is 0 Å². The third-order valence-electron chi connectivity index (χ3n) is 3.10. The molecule has 1 aliphatic carbocycles. The summed E-state index contributed by atoms with van der Waals surface area (Å²) in [5.41, 5.74) is 0.424. The van der Waals surface area contributed by atoms with Crippen LogP contribution < -0.4 is 0 Å². The average Bonchev–Trinajstić information content (AvgIpc) is 2.14. The second kappa shape index (κ2) is 3.02. The quantitative estimate of drug-likeness (QED) is 0.441. The molecule has 1 heterocycles. The molecule has 70 valence electrons. The molecule has 2 heteroatoms. The van der Waals surface area contributed by atoms with E-state index < -0.39 is 0 Å². The summed E-state index contributed by atoms with van der Waals surface area (Å²) in [7, 11) is 0. The highest BCUT2D eigenvalue weighted by Gasteiger charge is 2.43. The van der Waals surface area contributed by atoms with Crippen LogP contribution in [-0.2, 0) is 4.79 Å². The van der Waals surface area contributed by atoms with E-state index in [0.29, 0.717) is 5.41 Å². The molecule has 0 radical (unpaired) electrons. The van der Waals surface area contributed by atoms with Gasteiger partial charge in [-0.05, 0) is 25.3 Å². The maximum atomic E-state index is 11.2. The Balaban J connectivity index is 1.92. The van der Waals surface area contributed by atoms with Crippen molar-refractivity contribution in [2.75, 3.05) is 13.1 Å². The zero-order valence-electron chi connectivity index (χ0n) is 7.83. The molecule has 0 saturated carbocycles. The van der Waals surface area contributed by atoms with E-state index >= 15 is 0 Å². The van der Waals surface area contributed by atoms with Gasteiger partial charge in [0.25, 0.3) is 0 Å². The number of amides is 1. The van der Waals surface area contributed by atoms with Crippen LogP contribution in [0.3, 0.4) is 0 Å². The Morgan fingerprint density at radius 1 is 1.46 bits per heavy atom. The molecule has 2 aliphatic rings. The standard InChI is InChI=1S/C11H15NO/c1-2-10(13)12-8-11(9-12)6-4-3-5-7-11/h2-4H,1,5-9H2. The number of carbonyl (C=O) groups is 1. The molecule has 0 atom stereocenters. The zero-order chi connectivity index (χ0) is 9.31. The minimum Gasteiger partial charge on any atom is -0.338 e. The van der Waals surface area contributed by atoms with Crippen molar-refractivity contribution < 1.29 is 4.79 Å².